The minimum atomic E-state index is -0.208. The van der Waals surface area contributed by atoms with Crippen LogP contribution in [0.15, 0.2) is 30.6 Å². The molecule has 0 radical (unpaired) electrons. The van der Waals surface area contributed by atoms with Crippen molar-refractivity contribution in [3.05, 3.63) is 41.9 Å². The summed E-state index contributed by atoms with van der Waals surface area (Å²) in [6, 6.07) is 5.55. The number of nitrogens with one attached hydrogen (secondary N) is 2. The van der Waals surface area contributed by atoms with Crippen molar-refractivity contribution in [2.24, 2.45) is 0 Å². The number of carbonyl (C=O) groups excluding carboxylic acids is 1. The zero-order valence-corrected chi connectivity index (χ0v) is 9.05. The topological polar surface area (TPSA) is 71.8 Å². The van der Waals surface area contributed by atoms with Crippen LogP contribution in [0.3, 0.4) is 0 Å². The highest BCUT2D eigenvalue weighted by atomic mass is 16.2. The van der Waals surface area contributed by atoms with Gasteiger partial charge in [-0.05, 0) is 12.1 Å². The van der Waals surface area contributed by atoms with Gasteiger partial charge in [0.25, 0.3) is 0 Å². The van der Waals surface area contributed by atoms with Gasteiger partial charge >= 0.3 is 6.03 Å². The van der Waals surface area contributed by atoms with E-state index in [2.05, 4.69) is 20.7 Å². The van der Waals surface area contributed by atoms with Crippen LogP contribution in [0.5, 0.6) is 0 Å². The smallest absolute Gasteiger partial charge is 0.320 e. The minimum absolute atomic E-state index is 0.208. The van der Waals surface area contributed by atoms with Crippen molar-refractivity contribution in [3.63, 3.8) is 0 Å². The summed E-state index contributed by atoms with van der Waals surface area (Å²) in [4.78, 5) is 15.3. The lowest BCUT2D eigenvalue weighted by Crippen LogP contribution is -2.32. The minimum Gasteiger partial charge on any atom is -0.334 e. The fraction of sp³-hybridized carbons (Fsp3) is 0.182. The Kier molecular flexibility index (Phi) is 2.25. The Morgan fingerprint density at radius 1 is 1.41 bits per heavy atom. The number of hydrogen-bond donors (Lipinski definition) is 2. The molecule has 2 N–H and O–H groups in total. The van der Waals surface area contributed by atoms with Gasteiger partial charge in [-0.1, -0.05) is 6.07 Å². The third-order valence-corrected chi connectivity index (χ3v) is 2.56. The molecule has 0 atom stereocenters. The van der Waals surface area contributed by atoms with E-state index in [1.54, 1.807) is 10.9 Å². The summed E-state index contributed by atoms with van der Waals surface area (Å²) in [7, 11) is 0. The lowest BCUT2D eigenvalue weighted by atomic mass is 10.3. The van der Waals surface area contributed by atoms with Gasteiger partial charge in [-0.25, -0.2) is 4.79 Å². The number of pyridine rings is 1. The Morgan fingerprint density at radius 3 is 3.18 bits per heavy atom. The van der Waals surface area contributed by atoms with Crippen molar-refractivity contribution in [1.29, 1.82) is 0 Å². The largest absolute Gasteiger partial charge is 0.334 e. The van der Waals surface area contributed by atoms with Crippen LogP contribution < -0.4 is 10.6 Å². The number of aromatic nitrogens is 3. The Labute approximate surface area is 97.7 Å². The molecule has 0 unspecified atom stereocenters. The summed E-state index contributed by atoms with van der Waals surface area (Å²) in [5.41, 5.74) is 1.92. The van der Waals surface area contributed by atoms with Gasteiger partial charge in [0.1, 0.15) is 0 Å². The summed E-state index contributed by atoms with van der Waals surface area (Å²) in [6.45, 7) is 1.12. The Hall–Kier alpha value is -2.37. The first-order valence-corrected chi connectivity index (χ1v) is 5.32. The van der Waals surface area contributed by atoms with E-state index in [1.807, 2.05) is 24.4 Å². The molecule has 2 aromatic rings. The molecule has 2 amide bonds. The predicted molar refractivity (Wildman–Crippen MR) is 61.4 cm³/mol. The quantitative estimate of drug-likeness (QED) is 0.805. The normalized spacial score (nSPS) is 13.8. The van der Waals surface area contributed by atoms with Gasteiger partial charge in [-0.3, -0.25) is 15.0 Å². The molecular formula is C11H11N5O. The fourth-order valence-corrected chi connectivity index (χ4v) is 1.76. The molecule has 17 heavy (non-hydrogen) atoms. The first kappa shape index (κ1) is 9.83. The van der Waals surface area contributed by atoms with E-state index in [0.717, 1.165) is 11.3 Å². The number of rotatable bonds is 2. The lowest BCUT2D eigenvalue weighted by molar-refractivity contribution is 0.251. The highest BCUT2D eigenvalue weighted by Gasteiger charge is 2.17. The molecule has 86 valence electrons. The number of hydrogen-bond acceptors (Lipinski definition) is 3. The first-order chi connectivity index (χ1) is 8.31. The van der Waals surface area contributed by atoms with E-state index >= 15 is 0 Å². The molecule has 1 aliphatic heterocycles. The molecule has 6 nitrogen and oxygen atoms in total. The van der Waals surface area contributed by atoms with Crippen molar-refractivity contribution in [2.45, 2.75) is 13.1 Å². The Morgan fingerprint density at radius 2 is 2.35 bits per heavy atom. The summed E-state index contributed by atoms with van der Waals surface area (Å²) < 4.78 is 1.78. The maximum atomic E-state index is 11.1. The van der Waals surface area contributed by atoms with E-state index in [-0.39, 0.29) is 6.03 Å². The van der Waals surface area contributed by atoms with Crippen molar-refractivity contribution in [2.75, 3.05) is 5.32 Å². The number of carbonyl (C=O) groups is 1. The molecule has 0 aromatic carbocycles. The summed E-state index contributed by atoms with van der Waals surface area (Å²) in [5.74, 6) is 0.629. The van der Waals surface area contributed by atoms with Crippen LogP contribution in [0.4, 0.5) is 10.6 Å². The van der Waals surface area contributed by atoms with Crippen LogP contribution in [0.1, 0.15) is 11.3 Å². The van der Waals surface area contributed by atoms with Gasteiger partial charge in [-0.2, -0.15) is 5.10 Å². The van der Waals surface area contributed by atoms with Crippen LogP contribution in [0.25, 0.3) is 0 Å². The lowest BCUT2D eigenvalue weighted by Gasteiger charge is -2.11. The number of nitrogens with zero attached hydrogens (tertiary/aromatic N) is 3. The maximum absolute atomic E-state index is 11.1. The standard InChI is InChI=1S/C11H11N5O/c17-11-13-5-8-6-16(15-10(8)14-11)7-9-3-1-2-4-12-9/h1-4,6H,5,7H2,(H2,13,14,15,17). The van der Waals surface area contributed by atoms with Gasteiger partial charge in [0, 0.05) is 24.5 Å². The third-order valence-electron chi connectivity index (χ3n) is 2.56. The second-order valence-corrected chi connectivity index (χ2v) is 3.83. The average Bonchev–Trinajstić information content (AvgIpc) is 2.71. The van der Waals surface area contributed by atoms with Crippen LogP contribution in [-0.4, -0.2) is 20.8 Å². The average molecular weight is 229 g/mol. The molecule has 0 saturated carbocycles. The van der Waals surface area contributed by atoms with E-state index in [9.17, 15) is 4.79 Å². The number of fused-ring (bicyclic) bond motifs is 1. The highest BCUT2D eigenvalue weighted by molar-refractivity contribution is 5.90. The molecule has 0 fully saturated rings. The van der Waals surface area contributed by atoms with E-state index in [0.29, 0.717) is 18.9 Å². The third kappa shape index (κ3) is 1.96. The molecule has 0 bridgehead atoms. The monoisotopic (exact) mass is 229 g/mol. The van der Waals surface area contributed by atoms with Crippen molar-refractivity contribution >= 4 is 11.8 Å². The number of anilines is 1. The van der Waals surface area contributed by atoms with Crippen molar-refractivity contribution in [3.8, 4) is 0 Å². The molecule has 2 aromatic heterocycles. The summed E-state index contributed by atoms with van der Waals surface area (Å²) in [5, 5.41) is 9.66. The maximum Gasteiger partial charge on any atom is 0.320 e. The summed E-state index contributed by atoms with van der Waals surface area (Å²) >= 11 is 0. The highest BCUT2D eigenvalue weighted by Crippen LogP contribution is 2.16. The molecule has 0 spiro atoms. The second kappa shape index (κ2) is 3.89. The van der Waals surface area contributed by atoms with Crippen LogP contribution in [0.2, 0.25) is 0 Å². The van der Waals surface area contributed by atoms with Crippen LogP contribution >= 0.6 is 0 Å². The molecule has 6 heteroatoms. The SMILES string of the molecule is O=C1NCc2cn(Cc3ccccn3)nc2N1. The van der Waals surface area contributed by atoms with Gasteiger partial charge in [0.2, 0.25) is 0 Å². The fourth-order valence-electron chi connectivity index (χ4n) is 1.76. The molecule has 0 aliphatic carbocycles. The van der Waals surface area contributed by atoms with Gasteiger partial charge in [0.05, 0.1) is 12.2 Å². The number of urea groups is 1. The summed E-state index contributed by atoms with van der Waals surface area (Å²) in [6.07, 6.45) is 3.67. The molecule has 0 saturated heterocycles. The zero-order valence-electron chi connectivity index (χ0n) is 9.05. The van der Waals surface area contributed by atoms with Gasteiger partial charge in [0.15, 0.2) is 5.82 Å². The zero-order chi connectivity index (χ0) is 11.7. The molecular weight excluding hydrogens is 218 g/mol. The molecule has 1 aliphatic rings. The number of amides is 2. The van der Waals surface area contributed by atoms with Crippen LogP contribution in [0, 0.1) is 0 Å². The van der Waals surface area contributed by atoms with E-state index in [1.165, 1.54) is 0 Å². The van der Waals surface area contributed by atoms with Gasteiger partial charge in [-0.15, -0.1) is 0 Å². The van der Waals surface area contributed by atoms with Gasteiger partial charge < -0.3 is 5.32 Å². The van der Waals surface area contributed by atoms with Crippen molar-refractivity contribution < 1.29 is 4.79 Å². The van der Waals surface area contributed by atoms with E-state index in [4.69, 9.17) is 0 Å². The van der Waals surface area contributed by atoms with Crippen molar-refractivity contribution in [1.82, 2.24) is 20.1 Å². The second-order valence-electron chi connectivity index (χ2n) is 3.83. The first-order valence-electron chi connectivity index (χ1n) is 5.32. The van der Waals surface area contributed by atoms with E-state index < -0.39 is 0 Å². The Bertz CT molecular complexity index is 548. The van der Waals surface area contributed by atoms with Crippen LogP contribution in [-0.2, 0) is 13.1 Å². The predicted octanol–water partition coefficient (Wildman–Crippen LogP) is 0.962. The molecule has 3 rings (SSSR count). The molecule has 3 heterocycles. The Balaban J connectivity index is 1.83.